The number of benzene rings is 1. The number of nitrogens with zero attached hydrogens (tertiary/aromatic N) is 3. The average molecular weight is 429 g/mol. The van der Waals surface area contributed by atoms with Gasteiger partial charge in [0.25, 0.3) is 0 Å². The molecule has 0 spiro atoms. The second-order valence-corrected chi connectivity index (χ2v) is 9.18. The number of carbonyl (C=O) groups excluding carboxylic acids is 2. The van der Waals surface area contributed by atoms with Gasteiger partial charge in [0.2, 0.25) is 5.91 Å². The van der Waals surface area contributed by atoms with Crippen LogP contribution in [0.5, 0.6) is 0 Å². The molecule has 1 fully saturated rings. The normalized spacial score (nSPS) is 13.4. The summed E-state index contributed by atoms with van der Waals surface area (Å²) in [6, 6.07) is 11.8. The zero-order valence-electron chi connectivity index (χ0n) is 18.3. The molecule has 2 aromatic rings. The molecule has 6 nitrogen and oxygen atoms in total. The van der Waals surface area contributed by atoms with Gasteiger partial charge in [-0.25, -0.2) is 4.79 Å². The molecule has 162 valence electrons. The largest absolute Gasteiger partial charge is 0.353 e. The van der Waals surface area contributed by atoms with E-state index < -0.39 is 0 Å². The predicted octanol–water partition coefficient (Wildman–Crippen LogP) is 4.43. The van der Waals surface area contributed by atoms with Crippen molar-refractivity contribution in [3.63, 3.8) is 0 Å². The summed E-state index contributed by atoms with van der Waals surface area (Å²) >= 11 is 1.66. The van der Waals surface area contributed by atoms with Gasteiger partial charge in [0.15, 0.2) is 0 Å². The van der Waals surface area contributed by atoms with Gasteiger partial charge < -0.3 is 19.7 Å². The molecule has 1 aliphatic rings. The van der Waals surface area contributed by atoms with E-state index in [1.165, 1.54) is 0 Å². The summed E-state index contributed by atoms with van der Waals surface area (Å²) in [5.74, 6) is 0.275. The highest BCUT2D eigenvalue weighted by Gasteiger charge is 2.34. The van der Waals surface area contributed by atoms with Gasteiger partial charge in [-0.05, 0) is 61.4 Å². The number of carbonyl (C=O) groups is 2. The van der Waals surface area contributed by atoms with E-state index in [4.69, 9.17) is 0 Å². The molecular weight excluding hydrogens is 396 g/mol. The Morgan fingerprint density at radius 2 is 1.90 bits per heavy atom. The van der Waals surface area contributed by atoms with E-state index in [0.29, 0.717) is 13.1 Å². The summed E-state index contributed by atoms with van der Waals surface area (Å²) < 4.78 is 2.04. The van der Waals surface area contributed by atoms with Gasteiger partial charge >= 0.3 is 6.03 Å². The van der Waals surface area contributed by atoms with Crippen molar-refractivity contribution < 1.29 is 9.59 Å². The van der Waals surface area contributed by atoms with Crippen LogP contribution in [0.25, 0.3) is 0 Å². The molecule has 1 aliphatic carbocycles. The molecule has 1 saturated carbocycles. The molecule has 1 aromatic carbocycles. The highest BCUT2D eigenvalue weighted by atomic mass is 32.2. The van der Waals surface area contributed by atoms with Crippen LogP contribution in [0.15, 0.2) is 47.5 Å². The maximum Gasteiger partial charge on any atom is 0.322 e. The number of amides is 3. The molecule has 0 radical (unpaired) electrons. The number of rotatable bonds is 9. The minimum atomic E-state index is -0.233. The first-order valence-electron chi connectivity index (χ1n) is 10.5. The van der Waals surface area contributed by atoms with Crippen LogP contribution in [0.4, 0.5) is 10.5 Å². The van der Waals surface area contributed by atoms with Crippen LogP contribution in [0.2, 0.25) is 0 Å². The number of hydrogen-bond donors (Lipinski definition) is 1. The second kappa shape index (κ2) is 10.1. The summed E-state index contributed by atoms with van der Waals surface area (Å²) in [5.41, 5.74) is 1.84. The Labute approximate surface area is 183 Å². The lowest BCUT2D eigenvalue weighted by molar-refractivity contribution is -0.133. The lowest BCUT2D eigenvalue weighted by atomic mass is 10.2. The lowest BCUT2D eigenvalue weighted by Gasteiger charge is -2.29. The number of hydrogen-bond acceptors (Lipinski definition) is 3. The van der Waals surface area contributed by atoms with Crippen molar-refractivity contribution >= 4 is 29.4 Å². The highest BCUT2D eigenvalue weighted by molar-refractivity contribution is 7.98. The van der Waals surface area contributed by atoms with Crippen LogP contribution >= 0.6 is 11.8 Å². The Morgan fingerprint density at radius 1 is 1.20 bits per heavy atom. The summed E-state index contributed by atoms with van der Waals surface area (Å²) in [5, 5.41) is 2.95. The number of thioether (sulfide) groups is 1. The maximum absolute atomic E-state index is 13.2. The van der Waals surface area contributed by atoms with Gasteiger partial charge in [0, 0.05) is 42.1 Å². The number of aryl methyl sites for hydroxylation is 1. The van der Waals surface area contributed by atoms with E-state index in [9.17, 15) is 9.59 Å². The zero-order chi connectivity index (χ0) is 21.7. The Bertz CT molecular complexity index is 858. The third kappa shape index (κ3) is 6.05. The minimum Gasteiger partial charge on any atom is -0.353 e. The van der Waals surface area contributed by atoms with E-state index in [1.54, 1.807) is 16.7 Å². The number of nitrogens with one attached hydrogen (secondary N) is 1. The molecule has 7 heteroatoms. The van der Waals surface area contributed by atoms with E-state index >= 15 is 0 Å². The van der Waals surface area contributed by atoms with E-state index in [1.807, 2.05) is 65.4 Å². The molecule has 1 heterocycles. The fourth-order valence-electron chi connectivity index (χ4n) is 3.43. The quantitative estimate of drug-likeness (QED) is 0.601. The van der Waals surface area contributed by atoms with E-state index in [0.717, 1.165) is 29.1 Å². The number of urea groups is 1. The first-order valence-corrected chi connectivity index (χ1v) is 11.7. The van der Waals surface area contributed by atoms with Crippen molar-refractivity contribution in [1.29, 1.82) is 0 Å². The molecule has 3 amide bonds. The van der Waals surface area contributed by atoms with Crippen molar-refractivity contribution in [3.8, 4) is 0 Å². The number of aromatic nitrogens is 1. The first kappa shape index (κ1) is 22.3. The van der Waals surface area contributed by atoms with Crippen LogP contribution in [-0.4, -0.2) is 51.7 Å². The third-order valence-electron chi connectivity index (χ3n) is 5.23. The van der Waals surface area contributed by atoms with Crippen LogP contribution in [0, 0.1) is 5.92 Å². The Morgan fingerprint density at radius 3 is 2.43 bits per heavy atom. The van der Waals surface area contributed by atoms with Gasteiger partial charge in [-0.15, -0.1) is 11.8 Å². The van der Waals surface area contributed by atoms with Gasteiger partial charge in [0.05, 0.1) is 6.54 Å². The smallest absolute Gasteiger partial charge is 0.322 e. The molecule has 0 unspecified atom stereocenters. The second-order valence-electron chi connectivity index (χ2n) is 8.30. The Hall–Kier alpha value is -2.41. The summed E-state index contributed by atoms with van der Waals surface area (Å²) in [7, 11) is 1.99. The molecule has 3 rings (SSSR count). The monoisotopic (exact) mass is 428 g/mol. The highest BCUT2D eigenvalue weighted by Crippen LogP contribution is 2.29. The van der Waals surface area contributed by atoms with Crippen molar-refractivity contribution in [2.24, 2.45) is 13.0 Å². The van der Waals surface area contributed by atoms with Crippen LogP contribution in [-0.2, 0) is 18.4 Å². The predicted molar refractivity (Wildman–Crippen MR) is 123 cm³/mol. The maximum atomic E-state index is 13.2. The van der Waals surface area contributed by atoms with Crippen LogP contribution in [0.3, 0.4) is 0 Å². The summed E-state index contributed by atoms with van der Waals surface area (Å²) in [6.45, 7) is 5.32. The van der Waals surface area contributed by atoms with Gasteiger partial charge in [-0.3, -0.25) is 4.79 Å². The van der Waals surface area contributed by atoms with Crippen LogP contribution in [0.1, 0.15) is 32.4 Å². The standard InChI is InChI=1S/C23H32N4O2S/c1-17(2)14-26(23(29)24-18-7-11-21(30-4)12-8-18)16-22(28)27(19-9-10-19)15-20-6-5-13-25(20)3/h5-8,11-13,17,19H,9-10,14-16H2,1-4H3,(H,24,29). The fraction of sp³-hybridized carbons (Fsp3) is 0.478. The van der Waals surface area contributed by atoms with Gasteiger partial charge in [-0.1, -0.05) is 13.8 Å². The molecule has 30 heavy (non-hydrogen) atoms. The lowest BCUT2D eigenvalue weighted by Crippen LogP contribution is -2.46. The SMILES string of the molecule is CSc1ccc(NC(=O)N(CC(=O)N(Cc2cccn2C)C2CC2)CC(C)C)cc1. The topological polar surface area (TPSA) is 57.6 Å². The molecule has 0 atom stereocenters. The van der Waals surface area contributed by atoms with Gasteiger partial charge in [-0.2, -0.15) is 0 Å². The summed E-state index contributed by atoms with van der Waals surface area (Å²) in [6.07, 6.45) is 6.08. The Balaban J connectivity index is 1.68. The molecule has 1 aromatic heterocycles. The van der Waals surface area contributed by atoms with Crippen LogP contribution < -0.4 is 5.32 Å². The first-order chi connectivity index (χ1) is 14.4. The minimum absolute atomic E-state index is 0.00670. The van der Waals surface area contributed by atoms with Crippen molar-refractivity contribution in [1.82, 2.24) is 14.4 Å². The molecular formula is C23H32N4O2S. The van der Waals surface area contributed by atoms with Gasteiger partial charge in [0.1, 0.15) is 6.54 Å². The van der Waals surface area contributed by atoms with Crippen molar-refractivity contribution in [2.45, 2.75) is 44.2 Å². The van der Waals surface area contributed by atoms with E-state index in [2.05, 4.69) is 19.2 Å². The third-order valence-corrected chi connectivity index (χ3v) is 5.98. The van der Waals surface area contributed by atoms with Crippen molar-refractivity contribution in [3.05, 3.63) is 48.3 Å². The Kier molecular flexibility index (Phi) is 7.48. The fourth-order valence-corrected chi connectivity index (χ4v) is 3.84. The number of anilines is 1. The molecule has 0 aliphatic heterocycles. The summed E-state index contributed by atoms with van der Waals surface area (Å²) in [4.78, 5) is 30.8. The molecule has 1 N–H and O–H groups in total. The average Bonchev–Trinajstić information content (AvgIpc) is 3.47. The molecule has 0 saturated heterocycles. The molecule has 0 bridgehead atoms. The zero-order valence-corrected chi connectivity index (χ0v) is 19.1. The van der Waals surface area contributed by atoms with E-state index in [-0.39, 0.29) is 30.4 Å². The van der Waals surface area contributed by atoms with Crippen molar-refractivity contribution in [2.75, 3.05) is 24.7 Å².